The second-order valence-corrected chi connectivity index (χ2v) is 9.32. The summed E-state index contributed by atoms with van der Waals surface area (Å²) in [4.78, 5) is 8.38. The minimum Gasteiger partial charge on any atom is -0.436 e. The molecule has 0 radical (unpaired) electrons. The number of halogens is 6. The highest BCUT2D eigenvalue weighted by Crippen LogP contribution is 2.46. The third kappa shape index (κ3) is 4.49. The number of benzene rings is 3. The summed E-state index contributed by atoms with van der Waals surface area (Å²) < 4.78 is 96.9. The van der Waals surface area contributed by atoms with Gasteiger partial charge in [-0.05, 0) is 59.9 Å². The molecule has 0 amide bonds. The van der Waals surface area contributed by atoms with Crippen LogP contribution in [0.25, 0.3) is 50.4 Å². The molecule has 0 saturated heterocycles. The number of hydrogen-bond acceptors (Lipinski definition) is 4. The molecule has 1 unspecified atom stereocenters. The first kappa shape index (κ1) is 25.0. The molecule has 1 aliphatic carbocycles. The largest absolute Gasteiger partial charge is 0.436 e. The van der Waals surface area contributed by atoms with Gasteiger partial charge in [-0.25, -0.2) is 9.97 Å². The number of allylic oxidation sites excluding steroid dienone is 4. The Balaban J connectivity index is 1.59. The monoisotopic (exact) mass is 540 g/mol. The second kappa shape index (κ2) is 8.86. The van der Waals surface area contributed by atoms with Crippen molar-refractivity contribution >= 4 is 27.8 Å². The number of fused-ring (bicyclic) bond motifs is 2. The molecular formula is C29H18F6N2O2. The zero-order valence-electron chi connectivity index (χ0n) is 20.2. The van der Waals surface area contributed by atoms with Crippen molar-refractivity contribution in [2.75, 3.05) is 0 Å². The predicted octanol–water partition coefficient (Wildman–Crippen LogP) is 9.32. The molecule has 4 nitrogen and oxygen atoms in total. The van der Waals surface area contributed by atoms with Gasteiger partial charge in [0.05, 0.1) is 11.1 Å². The standard InChI is InChI=1S/C29H18F6N2O2/c1-15-7-5-6-10-17(15)27-37-23-14-21(29(33,34)35)19(12-25(23)39-27)18-11-24-22(13-20(18)28(30,31)32)36-26(38-24)16-8-3-2-4-9-16/h2-6,8-15H,7H2,1H3. The van der Waals surface area contributed by atoms with E-state index in [2.05, 4.69) is 9.97 Å². The molecule has 0 saturated carbocycles. The summed E-state index contributed by atoms with van der Waals surface area (Å²) >= 11 is 0. The Morgan fingerprint density at radius 3 is 1.82 bits per heavy atom. The fraction of sp³-hybridized carbons (Fsp3) is 0.172. The van der Waals surface area contributed by atoms with Crippen molar-refractivity contribution in [3.8, 4) is 22.6 Å². The number of rotatable bonds is 3. The van der Waals surface area contributed by atoms with Crippen molar-refractivity contribution < 1.29 is 35.2 Å². The van der Waals surface area contributed by atoms with Gasteiger partial charge in [-0.1, -0.05) is 43.4 Å². The lowest BCUT2D eigenvalue weighted by Crippen LogP contribution is -2.11. The van der Waals surface area contributed by atoms with Crippen LogP contribution < -0.4 is 0 Å². The van der Waals surface area contributed by atoms with Crippen molar-refractivity contribution in [3.63, 3.8) is 0 Å². The predicted molar refractivity (Wildman–Crippen MR) is 133 cm³/mol. The average Bonchev–Trinajstić information content (AvgIpc) is 3.50. The Morgan fingerprint density at radius 1 is 0.744 bits per heavy atom. The lowest BCUT2D eigenvalue weighted by atomic mass is 9.93. The summed E-state index contributed by atoms with van der Waals surface area (Å²) in [7, 11) is 0. The Bertz CT molecular complexity index is 1780. The van der Waals surface area contributed by atoms with Crippen LogP contribution in [0.1, 0.15) is 30.4 Å². The van der Waals surface area contributed by atoms with Crippen LogP contribution >= 0.6 is 0 Å². The fourth-order valence-corrected chi connectivity index (χ4v) is 4.72. The summed E-state index contributed by atoms with van der Waals surface area (Å²) in [5.74, 6) is 0.182. The Kier molecular flexibility index (Phi) is 5.67. The number of alkyl halides is 6. The van der Waals surface area contributed by atoms with E-state index in [4.69, 9.17) is 8.83 Å². The van der Waals surface area contributed by atoms with Crippen LogP contribution in [0.4, 0.5) is 26.3 Å². The molecule has 2 aromatic heterocycles. The molecule has 1 aliphatic rings. The van der Waals surface area contributed by atoms with Crippen LogP contribution in [-0.4, -0.2) is 9.97 Å². The third-order valence-corrected chi connectivity index (χ3v) is 6.66. The van der Waals surface area contributed by atoms with Gasteiger partial charge >= 0.3 is 12.4 Å². The van der Waals surface area contributed by atoms with Crippen LogP contribution in [0, 0.1) is 5.92 Å². The van der Waals surface area contributed by atoms with Gasteiger partial charge in [-0.2, -0.15) is 26.3 Å². The van der Waals surface area contributed by atoms with E-state index < -0.39 is 34.6 Å². The van der Waals surface area contributed by atoms with E-state index in [0.717, 1.165) is 18.2 Å². The van der Waals surface area contributed by atoms with Gasteiger partial charge in [0.25, 0.3) is 0 Å². The van der Waals surface area contributed by atoms with E-state index in [1.54, 1.807) is 42.5 Å². The van der Waals surface area contributed by atoms with Gasteiger partial charge in [0, 0.05) is 11.1 Å². The van der Waals surface area contributed by atoms with E-state index in [-0.39, 0.29) is 39.9 Å². The van der Waals surface area contributed by atoms with Crippen LogP contribution in [0.3, 0.4) is 0 Å². The molecule has 6 rings (SSSR count). The molecule has 3 aromatic carbocycles. The summed E-state index contributed by atoms with van der Waals surface area (Å²) in [6.07, 6.45) is -3.76. The number of hydrogen-bond donors (Lipinski definition) is 0. The molecule has 0 N–H and O–H groups in total. The summed E-state index contributed by atoms with van der Waals surface area (Å²) in [6, 6.07) is 11.8. The van der Waals surface area contributed by atoms with Gasteiger partial charge in [0.15, 0.2) is 11.2 Å². The SMILES string of the molecule is CC1CC=CC=C1c1nc2cc(C(F)(F)F)c(-c3cc4oc(-c5ccccc5)nc4cc3C(F)(F)F)cc2o1. The van der Waals surface area contributed by atoms with Crippen LogP contribution in [0.2, 0.25) is 0 Å². The van der Waals surface area contributed by atoms with Gasteiger partial charge in [-0.3, -0.25) is 0 Å². The summed E-state index contributed by atoms with van der Waals surface area (Å²) in [6.45, 7) is 1.92. The quantitative estimate of drug-likeness (QED) is 0.214. The first-order chi connectivity index (χ1) is 18.5. The maximum absolute atomic E-state index is 14.3. The van der Waals surface area contributed by atoms with Gasteiger partial charge in [-0.15, -0.1) is 0 Å². The summed E-state index contributed by atoms with van der Waals surface area (Å²) in [5, 5.41) is 0. The highest BCUT2D eigenvalue weighted by atomic mass is 19.4. The van der Waals surface area contributed by atoms with Gasteiger partial charge in [0.1, 0.15) is 11.0 Å². The molecular weight excluding hydrogens is 522 g/mol. The zero-order valence-corrected chi connectivity index (χ0v) is 20.2. The molecule has 10 heteroatoms. The fourth-order valence-electron chi connectivity index (χ4n) is 4.72. The van der Waals surface area contributed by atoms with Crippen molar-refractivity contribution in [2.24, 2.45) is 5.92 Å². The second-order valence-electron chi connectivity index (χ2n) is 9.32. The van der Waals surface area contributed by atoms with Crippen molar-refractivity contribution in [1.82, 2.24) is 9.97 Å². The number of nitrogens with zero attached hydrogens (tertiary/aromatic N) is 2. The molecule has 1 atom stereocenters. The normalized spacial score (nSPS) is 16.3. The molecule has 0 aliphatic heterocycles. The smallest absolute Gasteiger partial charge is 0.417 e. The molecule has 0 fully saturated rings. The lowest BCUT2D eigenvalue weighted by Gasteiger charge is -2.17. The first-order valence-corrected chi connectivity index (χ1v) is 12.0. The number of oxazole rings is 2. The highest BCUT2D eigenvalue weighted by molar-refractivity contribution is 5.90. The Morgan fingerprint density at radius 2 is 1.28 bits per heavy atom. The lowest BCUT2D eigenvalue weighted by molar-refractivity contribution is -0.139. The average molecular weight is 540 g/mol. The van der Waals surface area contributed by atoms with E-state index >= 15 is 0 Å². The Hall–Kier alpha value is -4.34. The minimum absolute atomic E-state index is 0.00845. The molecule has 0 spiro atoms. The van der Waals surface area contributed by atoms with Crippen molar-refractivity contribution in [2.45, 2.75) is 25.7 Å². The highest BCUT2D eigenvalue weighted by Gasteiger charge is 2.40. The Labute approximate surface area is 217 Å². The van der Waals surface area contributed by atoms with E-state index in [0.29, 0.717) is 23.6 Å². The molecule has 2 heterocycles. The molecule has 5 aromatic rings. The minimum atomic E-state index is -4.98. The van der Waals surface area contributed by atoms with Crippen LogP contribution in [0.5, 0.6) is 0 Å². The number of aromatic nitrogens is 2. The van der Waals surface area contributed by atoms with E-state index in [1.165, 1.54) is 0 Å². The maximum Gasteiger partial charge on any atom is 0.417 e. The topological polar surface area (TPSA) is 52.1 Å². The van der Waals surface area contributed by atoms with Crippen molar-refractivity contribution in [3.05, 3.63) is 89.8 Å². The van der Waals surface area contributed by atoms with Gasteiger partial charge in [0.2, 0.25) is 11.8 Å². The summed E-state index contributed by atoms with van der Waals surface area (Å²) in [5.41, 5.74) is -3.14. The van der Waals surface area contributed by atoms with Crippen LogP contribution in [0.15, 0.2) is 81.7 Å². The molecule has 0 bridgehead atoms. The third-order valence-electron chi connectivity index (χ3n) is 6.66. The first-order valence-electron chi connectivity index (χ1n) is 12.0. The maximum atomic E-state index is 14.3. The zero-order chi connectivity index (χ0) is 27.5. The van der Waals surface area contributed by atoms with E-state index in [1.807, 2.05) is 13.0 Å². The van der Waals surface area contributed by atoms with Crippen molar-refractivity contribution in [1.29, 1.82) is 0 Å². The van der Waals surface area contributed by atoms with Crippen LogP contribution in [-0.2, 0) is 12.4 Å². The van der Waals surface area contributed by atoms with E-state index in [9.17, 15) is 26.3 Å². The molecule has 39 heavy (non-hydrogen) atoms. The van der Waals surface area contributed by atoms with Gasteiger partial charge < -0.3 is 8.83 Å². The molecule has 198 valence electrons.